The average Bonchev–Trinajstić information content (AvgIpc) is 3.28. The molecule has 6 nitrogen and oxygen atoms in total. The molecule has 1 aromatic heterocycles. The number of fused-ring (bicyclic) bond motifs is 1. The summed E-state index contributed by atoms with van der Waals surface area (Å²) in [5.41, 5.74) is -1.59. The first-order valence-corrected chi connectivity index (χ1v) is 12.7. The van der Waals surface area contributed by atoms with Crippen LogP contribution in [0.4, 0.5) is 31.1 Å². The molecule has 2 amide bonds. The van der Waals surface area contributed by atoms with Crippen molar-refractivity contribution in [3.8, 4) is 0 Å². The molecule has 3 rings (SSSR count). The predicted molar refractivity (Wildman–Crippen MR) is 140 cm³/mol. The van der Waals surface area contributed by atoms with Gasteiger partial charge in [-0.1, -0.05) is 18.2 Å². The lowest BCUT2D eigenvalue weighted by Gasteiger charge is -2.24. The average molecular weight is 571 g/mol. The van der Waals surface area contributed by atoms with Gasteiger partial charge in [-0.2, -0.15) is 26.3 Å². The Labute approximate surface area is 228 Å². The highest BCUT2D eigenvalue weighted by atomic mass is 19.4. The van der Waals surface area contributed by atoms with Gasteiger partial charge in [0.15, 0.2) is 5.78 Å². The smallest absolute Gasteiger partial charge is 0.361 e. The number of halogens is 6. The van der Waals surface area contributed by atoms with Gasteiger partial charge in [-0.25, -0.2) is 4.79 Å². The summed E-state index contributed by atoms with van der Waals surface area (Å²) in [5, 5.41) is 3.55. The molecule has 0 fully saturated rings. The van der Waals surface area contributed by atoms with Gasteiger partial charge in [0.25, 0.3) is 0 Å². The number of alkyl halides is 6. The van der Waals surface area contributed by atoms with Gasteiger partial charge in [-0.15, -0.1) is 0 Å². The fourth-order valence-electron chi connectivity index (χ4n) is 4.36. The number of para-hydroxylation sites is 1. The molecule has 3 aromatic rings. The molecule has 0 aliphatic rings. The molecule has 0 bridgehead atoms. The summed E-state index contributed by atoms with van der Waals surface area (Å²) in [6, 6.07) is 7.09. The molecule has 2 aromatic carbocycles. The number of benzene rings is 2. The van der Waals surface area contributed by atoms with Crippen LogP contribution in [0.5, 0.6) is 0 Å². The van der Waals surface area contributed by atoms with E-state index in [4.69, 9.17) is 0 Å². The zero-order valence-corrected chi connectivity index (χ0v) is 22.4. The quantitative estimate of drug-likeness (QED) is 0.282. The Kier molecular flexibility index (Phi) is 9.88. The van der Waals surface area contributed by atoms with Crippen molar-refractivity contribution in [2.45, 2.75) is 44.1 Å². The summed E-state index contributed by atoms with van der Waals surface area (Å²) in [4.78, 5) is 32.7. The zero-order chi connectivity index (χ0) is 29.7. The number of hydrogen-bond donors (Lipinski definition) is 2. The molecule has 40 heavy (non-hydrogen) atoms. The summed E-state index contributed by atoms with van der Waals surface area (Å²) >= 11 is 0. The Balaban J connectivity index is 1.81. The number of H-pyrrole nitrogens is 1. The standard InChI is InChI=1S/C28H32F6N4O2/c1-37(2)11-6-12-38(3)26(40)36-24(15-19-17-35-23-8-5-4-7-22(19)23)25(39)10-9-18-13-20(27(29,30)31)16-21(14-18)28(32,33)34/h4-5,7-8,13-14,16-17,24,35H,6,9-12,15H2,1-3H3,(H,36,40). The van der Waals surface area contributed by atoms with Crippen LogP contribution in [0.25, 0.3) is 10.9 Å². The number of ketones is 1. The summed E-state index contributed by atoms with van der Waals surface area (Å²) in [5.74, 6) is -0.508. The van der Waals surface area contributed by atoms with E-state index in [1.807, 2.05) is 43.3 Å². The van der Waals surface area contributed by atoms with Gasteiger partial charge >= 0.3 is 18.4 Å². The SMILES string of the molecule is CN(C)CCCN(C)C(=O)NC(Cc1c[nH]c2ccccc12)C(=O)CCc1cc(C(F)(F)F)cc(C(F)(F)F)c1. The van der Waals surface area contributed by atoms with E-state index in [2.05, 4.69) is 10.3 Å². The molecule has 0 saturated heterocycles. The monoisotopic (exact) mass is 570 g/mol. The fourth-order valence-corrected chi connectivity index (χ4v) is 4.36. The molecule has 1 unspecified atom stereocenters. The second-order valence-electron chi connectivity index (χ2n) is 10.0. The van der Waals surface area contributed by atoms with Gasteiger partial charge in [-0.3, -0.25) is 4.79 Å². The normalized spacial score (nSPS) is 13.1. The number of aromatic nitrogens is 1. The van der Waals surface area contributed by atoms with Crippen molar-refractivity contribution in [3.05, 3.63) is 70.9 Å². The number of urea groups is 1. The lowest BCUT2D eigenvalue weighted by atomic mass is 9.96. The Morgan fingerprint density at radius 2 is 1.55 bits per heavy atom. The van der Waals surface area contributed by atoms with Gasteiger partial charge in [0.05, 0.1) is 17.2 Å². The van der Waals surface area contributed by atoms with E-state index in [0.29, 0.717) is 25.1 Å². The maximum absolute atomic E-state index is 13.3. The summed E-state index contributed by atoms with van der Waals surface area (Å²) in [6.45, 7) is 1.16. The minimum absolute atomic E-state index is 0.0531. The Hall–Kier alpha value is -3.54. The highest BCUT2D eigenvalue weighted by Crippen LogP contribution is 2.36. The summed E-state index contributed by atoms with van der Waals surface area (Å²) in [7, 11) is 5.38. The number of nitrogens with zero attached hydrogens (tertiary/aromatic N) is 2. The molecular formula is C28H32F6N4O2. The van der Waals surface area contributed by atoms with Gasteiger partial charge in [-0.05, 0) is 68.9 Å². The molecule has 0 radical (unpaired) electrons. The van der Waals surface area contributed by atoms with Gasteiger partial charge < -0.3 is 20.1 Å². The topological polar surface area (TPSA) is 68.4 Å². The van der Waals surface area contributed by atoms with Crippen LogP contribution in [-0.4, -0.2) is 66.9 Å². The minimum atomic E-state index is -4.98. The predicted octanol–water partition coefficient (Wildman–Crippen LogP) is 5.91. The van der Waals surface area contributed by atoms with Crippen molar-refractivity contribution in [1.29, 1.82) is 0 Å². The van der Waals surface area contributed by atoms with Crippen molar-refractivity contribution in [2.75, 3.05) is 34.2 Å². The van der Waals surface area contributed by atoms with Gasteiger partial charge in [0.2, 0.25) is 0 Å². The first-order chi connectivity index (χ1) is 18.6. The second kappa shape index (κ2) is 12.8. The molecule has 0 saturated carbocycles. The Morgan fingerprint density at radius 3 is 2.15 bits per heavy atom. The number of aromatic amines is 1. The van der Waals surface area contributed by atoms with Crippen LogP contribution in [0.1, 0.15) is 35.1 Å². The number of Topliss-reactive ketones (excluding diaryl/α,β-unsaturated/α-hetero) is 1. The first kappa shape index (κ1) is 31.0. The van der Waals surface area contributed by atoms with E-state index < -0.39 is 41.3 Å². The second-order valence-corrected chi connectivity index (χ2v) is 10.0. The maximum atomic E-state index is 13.3. The van der Waals surface area contributed by atoms with Crippen LogP contribution >= 0.6 is 0 Å². The van der Waals surface area contributed by atoms with E-state index in [9.17, 15) is 35.9 Å². The van der Waals surface area contributed by atoms with Crippen molar-refractivity contribution in [1.82, 2.24) is 20.1 Å². The van der Waals surface area contributed by atoms with Crippen LogP contribution in [0.2, 0.25) is 0 Å². The van der Waals surface area contributed by atoms with Crippen molar-refractivity contribution < 1.29 is 35.9 Å². The number of aryl methyl sites for hydroxylation is 1. The highest BCUT2D eigenvalue weighted by Gasteiger charge is 2.37. The third-order valence-corrected chi connectivity index (χ3v) is 6.54. The van der Waals surface area contributed by atoms with Crippen LogP contribution in [0.15, 0.2) is 48.7 Å². The highest BCUT2D eigenvalue weighted by molar-refractivity contribution is 5.90. The lowest BCUT2D eigenvalue weighted by Crippen LogP contribution is -2.48. The number of nitrogens with one attached hydrogen (secondary N) is 2. The fraction of sp³-hybridized carbons (Fsp3) is 0.429. The molecule has 2 N–H and O–H groups in total. The van der Waals surface area contributed by atoms with E-state index in [0.717, 1.165) is 23.0 Å². The summed E-state index contributed by atoms with van der Waals surface area (Å²) in [6.07, 6.45) is -8.20. The molecule has 0 aliphatic heterocycles. The zero-order valence-electron chi connectivity index (χ0n) is 22.4. The number of rotatable bonds is 11. The van der Waals surface area contributed by atoms with Crippen LogP contribution < -0.4 is 5.32 Å². The molecule has 1 heterocycles. The van der Waals surface area contributed by atoms with Crippen LogP contribution in [-0.2, 0) is 30.0 Å². The van der Waals surface area contributed by atoms with Crippen molar-refractivity contribution >= 4 is 22.7 Å². The maximum Gasteiger partial charge on any atom is 0.416 e. The summed E-state index contributed by atoms with van der Waals surface area (Å²) < 4.78 is 79.6. The lowest BCUT2D eigenvalue weighted by molar-refractivity contribution is -0.143. The largest absolute Gasteiger partial charge is 0.416 e. The molecule has 0 aliphatic carbocycles. The van der Waals surface area contributed by atoms with Crippen LogP contribution in [0.3, 0.4) is 0 Å². The minimum Gasteiger partial charge on any atom is -0.361 e. The molecular weight excluding hydrogens is 538 g/mol. The molecule has 0 spiro atoms. The van der Waals surface area contributed by atoms with Gasteiger partial charge in [0, 0.05) is 43.5 Å². The number of carbonyl (C=O) groups is 2. The van der Waals surface area contributed by atoms with Crippen molar-refractivity contribution in [2.24, 2.45) is 0 Å². The molecule has 12 heteroatoms. The number of hydrogen-bond acceptors (Lipinski definition) is 3. The van der Waals surface area contributed by atoms with Crippen LogP contribution in [0, 0.1) is 0 Å². The van der Waals surface area contributed by atoms with Gasteiger partial charge in [0.1, 0.15) is 0 Å². The molecule has 1 atom stereocenters. The third-order valence-electron chi connectivity index (χ3n) is 6.54. The first-order valence-electron chi connectivity index (χ1n) is 12.7. The number of carbonyl (C=O) groups excluding carboxylic acids is 2. The Bertz CT molecular complexity index is 1280. The Morgan fingerprint density at radius 1 is 0.925 bits per heavy atom. The number of amides is 2. The third kappa shape index (κ3) is 8.48. The van der Waals surface area contributed by atoms with E-state index in [1.165, 1.54) is 4.90 Å². The van der Waals surface area contributed by atoms with Crippen molar-refractivity contribution in [3.63, 3.8) is 0 Å². The van der Waals surface area contributed by atoms with E-state index >= 15 is 0 Å². The van der Waals surface area contributed by atoms with E-state index in [1.54, 1.807) is 13.2 Å². The van der Waals surface area contributed by atoms with E-state index in [-0.39, 0.29) is 30.9 Å². The molecule has 218 valence electrons.